The second kappa shape index (κ2) is 11.6. The van der Waals surface area contributed by atoms with Gasteiger partial charge in [-0.05, 0) is 61.4 Å². The minimum atomic E-state index is -2.27. The molecule has 1 saturated carbocycles. The van der Waals surface area contributed by atoms with Crippen molar-refractivity contribution in [3.63, 3.8) is 0 Å². The number of fused-ring (bicyclic) bond motifs is 1. The van der Waals surface area contributed by atoms with Crippen molar-refractivity contribution < 1.29 is 39.9 Å². The second-order valence-corrected chi connectivity index (χ2v) is 10.5. The molecule has 2 unspecified atom stereocenters. The molecule has 2 fully saturated rings. The molecule has 0 radical (unpaired) electrons. The molecule has 0 aromatic heterocycles. The first-order valence-corrected chi connectivity index (χ1v) is 13.1. The molecule has 2 aromatic rings. The Morgan fingerprint density at radius 1 is 0.947 bits per heavy atom. The van der Waals surface area contributed by atoms with E-state index in [0.29, 0.717) is 24.1 Å². The Hall–Kier alpha value is -3.27. The van der Waals surface area contributed by atoms with Crippen molar-refractivity contribution in [2.45, 2.75) is 68.6 Å². The highest BCUT2D eigenvalue weighted by Gasteiger charge is 2.53. The summed E-state index contributed by atoms with van der Waals surface area (Å²) >= 11 is 0. The molecule has 5 N–H and O–H groups in total. The summed E-state index contributed by atoms with van der Waals surface area (Å²) in [4.78, 5) is 34.8. The molecule has 1 aliphatic heterocycles. The summed E-state index contributed by atoms with van der Waals surface area (Å²) in [6.07, 6.45) is 3.42. The molecule has 5 atom stereocenters. The van der Waals surface area contributed by atoms with E-state index in [-0.39, 0.29) is 11.2 Å². The molecule has 3 aliphatic rings. The Morgan fingerprint density at radius 2 is 1.63 bits per heavy atom. The van der Waals surface area contributed by atoms with Crippen LogP contribution in [0.5, 0.6) is 5.75 Å². The summed E-state index contributed by atoms with van der Waals surface area (Å²) in [6, 6.07) is 16.3. The zero-order valence-corrected chi connectivity index (χ0v) is 21.2. The highest BCUT2D eigenvalue weighted by Crippen LogP contribution is 2.56. The van der Waals surface area contributed by atoms with Crippen molar-refractivity contribution in [3.05, 3.63) is 65.2 Å². The average molecular weight is 526 g/mol. The van der Waals surface area contributed by atoms with E-state index in [2.05, 4.69) is 17.0 Å². The molecule has 204 valence electrons. The third-order valence-electron chi connectivity index (χ3n) is 8.46. The number of aliphatic carboxylic acids is 2. The van der Waals surface area contributed by atoms with Gasteiger partial charge in [0, 0.05) is 30.0 Å². The molecule has 2 aliphatic carbocycles. The molecule has 1 heterocycles. The van der Waals surface area contributed by atoms with Gasteiger partial charge in [0.15, 0.2) is 18.0 Å². The van der Waals surface area contributed by atoms with Crippen LogP contribution in [0.2, 0.25) is 0 Å². The summed E-state index contributed by atoms with van der Waals surface area (Å²) < 4.78 is 0. The van der Waals surface area contributed by atoms with Gasteiger partial charge in [-0.1, -0.05) is 49.2 Å². The molecular weight excluding hydrogens is 490 g/mol. The minimum absolute atomic E-state index is 0.245. The molecule has 9 nitrogen and oxygen atoms in total. The van der Waals surface area contributed by atoms with Crippen molar-refractivity contribution in [1.29, 1.82) is 0 Å². The van der Waals surface area contributed by atoms with Gasteiger partial charge >= 0.3 is 11.9 Å². The van der Waals surface area contributed by atoms with Crippen LogP contribution in [-0.2, 0) is 21.4 Å². The number of carboxylic acid groups (broad SMARTS) is 2. The summed E-state index contributed by atoms with van der Waals surface area (Å²) in [5, 5.41) is 42.7. The van der Waals surface area contributed by atoms with Gasteiger partial charge in [0.2, 0.25) is 0 Å². The van der Waals surface area contributed by atoms with Gasteiger partial charge in [-0.2, -0.15) is 0 Å². The lowest BCUT2D eigenvalue weighted by Gasteiger charge is -2.59. The lowest BCUT2D eigenvalue weighted by molar-refractivity contribution is -0.165. The molecule has 2 aromatic carbocycles. The van der Waals surface area contributed by atoms with Crippen molar-refractivity contribution in [3.8, 4) is 5.75 Å². The van der Waals surface area contributed by atoms with Crippen LogP contribution >= 0.6 is 0 Å². The van der Waals surface area contributed by atoms with E-state index in [1.807, 2.05) is 36.4 Å². The Bertz CT molecular complexity index is 1150. The van der Waals surface area contributed by atoms with Crippen LogP contribution in [0.3, 0.4) is 0 Å². The second-order valence-electron chi connectivity index (χ2n) is 10.5. The number of aromatic hydroxyl groups is 1. The SMILES string of the molecule is O=C(CCN1CC[C@]23CCCC[C@H]2[C@H]1Cc1ccc(O)cc13)c1ccccc1.O=C(O)C(O)C(O)C(=O)O. The number of ketones is 1. The third-order valence-corrected chi connectivity index (χ3v) is 8.46. The van der Waals surface area contributed by atoms with Gasteiger partial charge in [0.1, 0.15) is 5.75 Å². The number of likely N-dealkylation sites (tertiary alicyclic amines) is 1. The average Bonchev–Trinajstić information content (AvgIpc) is 2.92. The number of hydrogen-bond donors (Lipinski definition) is 5. The largest absolute Gasteiger partial charge is 0.508 e. The van der Waals surface area contributed by atoms with Crippen molar-refractivity contribution >= 4 is 17.7 Å². The number of carboxylic acids is 2. The van der Waals surface area contributed by atoms with E-state index in [0.717, 1.165) is 31.5 Å². The number of nitrogens with zero attached hydrogens (tertiary/aromatic N) is 1. The summed E-state index contributed by atoms with van der Waals surface area (Å²) in [5.41, 5.74) is 3.92. The Balaban J connectivity index is 0.000000289. The number of hydrogen-bond acceptors (Lipinski definition) is 7. The zero-order chi connectivity index (χ0) is 27.4. The monoisotopic (exact) mass is 525 g/mol. The van der Waals surface area contributed by atoms with Crippen LogP contribution in [0.4, 0.5) is 0 Å². The van der Waals surface area contributed by atoms with Gasteiger partial charge in [-0.3, -0.25) is 9.69 Å². The fourth-order valence-electron chi connectivity index (χ4n) is 6.63. The Morgan fingerprint density at radius 3 is 2.29 bits per heavy atom. The van der Waals surface area contributed by atoms with E-state index in [1.165, 1.54) is 36.8 Å². The number of phenols is 1. The quantitative estimate of drug-likeness (QED) is 0.343. The summed E-state index contributed by atoms with van der Waals surface area (Å²) in [6.45, 7) is 1.93. The smallest absolute Gasteiger partial charge is 0.335 e. The minimum Gasteiger partial charge on any atom is -0.508 e. The Kier molecular flexibility index (Phi) is 8.50. The van der Waals surface area contributed by atoms with Gasteiger partial charge in [0.05, 0.1) is 0 Å². The third kappa shape index (κ3) is 5.60. The highest BCUT2D eigenvalue weighted by molar-refractivity contribution is 5.96. The van der Waals surface area contributed by atoms with Crippen LogP contribution in [0.1, 0.15) is 60.0 Å². The predicted octanol–water partition coefficient (Wildman–Crippen LogP) is 2.60. The van der Waals surface area contributed by atoms with Crippen LogP contribution < -0.4 is 0 Å². The normalized spacial score (nSPS) is 25.5. The van der Waals surface area contributed by atoms with Gasteiger partial charge in [-0.25, -0.2) is 9.59 Å². The predicted molar refractivity (Wildman–Crippen MR) is 138 cm³/mol. The number of piperidine rings is 1. The van der Waals surface area contributed by atoms with E-state index in [4.69, 9.17) is 20.4 Å². The van der Waals surface area contributed by atoms with Crippen molar-refractivity contribution in [2.24, 2.45) is 5.92 Å². The number of Topliss-reactive ketones (excluding diaryl/α,β-unsaturated/α-hetero) is 1. The fourth-order valence-corrected chi connectivity index (χ4v) is 6.63. The number of carbonyl (C=O) groups is 3. The van der Waals surface area contributed by atoms with Crippen LogP contribution in [-0.4, -0.2) is 79.5 Å². The maximum Gasteiger partial charge on any atom is 0.335 e. The van der Waals surface area contributed by atoms with E-state index >= 15 is 0 Å². The zero-order valence-electron chi connectivity index (χ0n) is 21.2. The van der Waals surface area contributed by atoms with E-state index < -0.39 is 24.1 Å². The first-order chi connectivity index (χ1) is 18.1. The Labute approximate surface area is 221 Å². The lowest BCUT2D eigenvalue weighted by Crippen LogP contribution is -2.61. The van der Waals surface area contributed by atoms with E-state index in [9.17, 15) is 19.5 Å². The summed E-state index contributed by atoms with van der Waals surface area (Å²) in [7, 11) is 0. The maximum absolute atomic E-state index is 12.6. The first kappa shape index (κ1) is 27.8. The molecule has 5 rings (SSSR count). The van der Waals surface area contributed by atoms with Crippen molar-refractivity contribution in [2.75, 3.05) is 13.1 Å². The molecule has 2 bridgehead atoms. The molecule has 1 saturated heterocycles. The van der Waals surface area contributed by atoms with E-state index in [1.54, 1.807) is 0 Å². The van der Waals surface area contributed by atoms with Crippen molar-refractivity contribution in [1.82, 2.24) is 4.90 Å². The number of aliphatic hydroxyl groups excluding tert-OH is 2. The first-order valence-electron chi connectivity index (χ1n) is 13.1. The number of aliphatic hydroxyl groups is 2. The molecule has 38 heavy (non-hydrogen) atoms. The maximum atomic E-state index is 12.6. The summed E-state index contributed by atoms with van der Waals surface area (Å²) in [5.74, 6) is -2.21. The molecule has 0 spiro atoms. The van der Waals surface area contributed by atoms with Gasteiger partial charge < -0.3 is 25.5 Å². The number of benzene rings is 2. The van der Waals surface area contributed by atoms with Gasteiger partial charge in [0.25, 0.3) is 0 Å². The number of rotatable bonds is 7. The van der Waals surface area contributed by atoms with Crippen LogP contribution in [0.15, 0.2) is 48.5 Å². The number of phenolic OH excluding ortho intramolecular Hbond substituents is 1. The lowest BCUT2D eigenvalue weighted by atomic mass is 9.52. The topological polar surface area (TPSA) is 156 Å². The van der Waals surface area contributed by atoms with Gasteiger partial charge in [-0.15, -0.1) is 0 Å². The molecular formula is C29H35NO8. The molecule has 9 heteroatoms. The standard InChI is InChI=1S/C25H29NO2.C4H6O6/c27-20-10-9-19-16-23-21-8-4-5-12-25(21,22(19)17-20)13-15-26(23)14-11-24(28)18-6-2-1-3-7-18;5-1(3(7)8)2(6)4(9)10/h1-3,6-7,9-10,17,21,23,27H,4-5,8,11-16H2;1-2,5-6H,(H,7,8)(H,9,10)/t21-,23+,25+;/m0./s1. The fraction of sp³-hybridized carbons (Fsp3) is 0.483. The number of carbonyl (C=O) groups excluding carboxylic acids is 1. The van der Waals surface area contributed by atoms with Crippen LogP contribution in [0, 0.1) is 5.92 Å². The van der Waals surface area contributed by atoms with Crippen LogP contribution in [0.25, 0.3) is 0 Å². The highest BCUT2D eigenvalue weighted by atomic mass is 16.4. The molecule has 0 amide bonds.